The number of hydrogen-bond donors (Lipinski definition) is 1. The molecule has 0 spiro atoms. The maximum atomic E-state index is 4.49. The number of aromatic nitrogens is 1. The zero-order valence-electron chi connectivity index (χ0n) is 8.40. The number of fused-ring (bicyclic) bond motifs is 3. The van der Waals surface area contributed by atoms with Crippen molar-refractivity contribution in [2.24, 2.45) is 0 Å². The van der Waals surface area contributed by atoms with Gasteiger partial charge in [-0.05, 0) is 25.0 Å². The predicted molar refractivity (Wildman–Crippen MR) is 56.5 cm³/mol. The van der Waals surface area contributed by atoms with Gasteiger partial charge >= 0.3 is 0 Å². The molecule has 0 amide bonds. The van der Waals surface area contributed by atoms with Gasteiger partial charge in [0.05, 0.1) is 0 Å². The third-order valence-electron chi connectivity index (χ3n) is 3.26. The fraction of sp³-hybridized carbons (Fsp3) is 0.545. The molecule has 0 saturated carbocycles. The van der Waals surface area contributed by atoms with Gasteiger partial charge in [0.25, 0.3) is 0 Å². The Morgan fingerprint density at radius 2 is 2.43 bits per heavy atom. The van der Waals surface area contributed by atoms with Crippen molar-refractivity contribution in [3.05, 3.63) is 23.9 Å². The van der Waals surface area contributed by atoms with Crippen LogP contribution in [0.4, 0.5) is 5.82 Å². The molecule has 3 nitrogen and oxygen atoms in total. The molecule has 74 valence electrons. The molecule has 1 aromatic rings. The Balaban J connectivity index is 2.03. The zero-order valence-corrected chi connectivity index (χ0v) is 8.40. The van der Waals surface area contributed by atoms with Gasteiger partial charge in [0.2, 0.25) is 0 Å². The van der Waals surface area contributed by atoms with Gasteiger partial charge in [0.1, 0.15) is 5.82 Å². The van der Waals surface area contributed by atoms with Crippen molar-refractivity contribution in [1.82, 2.24) is 10.3 Å². The summed E-state index contributed by atoms with van der Waals surface area (Å²) in [6.45, 7) is 4.44. The van der Waals surface area contributed by atoms with E-state index in [4.69, 9.17) is 0 Å². The van der Waals surface area contributed by atoms with E-state index in [9.17, 15) is 0 Å². The maximum Gasteiger partial charge on any atom is 0.132 e. The topological polar surface area (TPSA) is 28.2 Å². The van der Waals surface area contributed by atoms with E-state index in [1.165, 1.54) is 11.4 Å². The highest BCUT2D eigenvalue weighted by molar-refractivity contribution is 5.55. The summed E-state index contributed by atoms with van der Waals surface area (Å²) in [5.41, 5.74) is 1.41. The van der Waals surface area contributed by atoms with E-state index in [2.05, 4.69) is 28.2 Å². The Labute approximate surface area is 84.1 Å². The van der Waals surface area contributed by atoms with E-state index >= 15 is 0 Å². The molecule has 1 N–H and O–H groups in total. The molecule has 3 heteroatoms. The Kier molecular flexibility index (Phi) is 1.74. The quantitative estimate of drug-likeness (QED) is 0.654. The smallest absolute Gasteiger partial charge is 0.132 e. The molecule has 1 aromatic heterocycles. The van der Waals surface area contributed by atoms with Crippen molar-refractivity contribution in [3.63, 3.8) is 0 Å². The van der Waals surface area contributed by atoms with E-state index in [1.807, 2.05) is 12.3 Å². The van der Waals surface area contributed by atoms with E-state index < -0.39 is 0 Å². The summed E-state index contributed by atoms with van der Waals surface area (Å²) in [7, 11) is 0. The third-order valence-corrected chi connectivity index (χ3v) is 3.26. The Morgan fingerprint density at radius 1 is 1.50 bits per heavy atom. The highest BCUT2D eigenvalue weighted by atomic mass is 15.3. The minimum Gasteiger partial charge on any atom is -0.348 e. The normalized spacial score (nSPS) is 29.9. The Hall–Kier alpha value is -1.09. The minimum atomic E-state index is 0.574. The van der Waals surface area contributed by atoms with Crippen molar-refractivity contribution in [2.45, 2.75) is 25.4 Å². The highest BCUT2D eigenvalue weighted by Crippen LogP contribution is 2.32. The second kappa shape index (κ2) is 2.95. The van der Waals surface area contributed by atoms with Crippen LogP contribution in [0.3, 0.4) is 0 Å². The summed E-state index contributed by atoms with van der Waals surface area (Å²) in [5.74, 6) is 1.21. The number of anilines is 1. The summed E-state index contributed by atoms with van der Waals surface area (Å²) >= 11 is 0. The van der Waals surface area contributed by atoms with Crippen LogP contribution in [-0.4, -0.2) is 30.2 Å². The third kappa shape index (κ3) is 1.05. The average molecular weight is 189 g/mol. The second-order valence-electron chi connectivity index (χ2n) is 4.26. The van der Waals surface area contributed by atoms with Gasteiger partial charge in [-0.2, -0.15) is 0 Å². The van der Waals surface area contributed by atoms with Gasteiger partial charge in [-0.3, -0.25) is 0 Å². The zero-order chi connectivity index (χ0) is 9.54. The summed E-state index contributed by atoms with van der Waals surface area (Å²) < 4.78 is 0. The van der Waals surface area contributed by atoms with Crippen molar-refractivity contribution in [2.75, 3.05) is 18.0 Å². The van der Waals surface area contributed by atoms with Gasteiger partial charge in [-0.25, -0.2) is 4.98 Å². The van der Waals surface area contributed by atoms with E-state index in [0.717, 1.165) is 19.5 Å². The molecule has 2 atom stereocenters. The minimum absolute atomic E-state index is 0.574. The van der Waals surface area contributed by atoms with Gasteiger partial charge in [0, 0.05) is 31.4 Å². The molecule has 0 aliphatic carbocycles. The predicted octanol–water partition coefficient (Wildman–Crippen LogP) is 0.804. The van der Waals surface area contributed by atoms with Crippen LogP contribution in [0.1, 0.15) is 12.5 Å². The van der Waals surface area contributed by atoms with Crippen LogP contribution in [0.25, 0.3) is 0 Å². The lowest BCUT2D eigenvalue weighted by atomic mass is 10.1. The van der Waals surface area contributed by atoms with Gasteiger partial charge in [-0.15, -0.1) is 0 Å². The fourth-order valence-electron chi connectivity index (χ4n) is 2.64. The molecule has 1 fully saturated rings. The molecule has 3 heterocycles. The first kappa shape index (κ1) is 8.24. The SMILES string of the molecule is CC1CNCC2Cc3cccnc3N12. The van der Waals surface area contributed by atoms with Crippen LogP contribution in [0.15, 0.2) is 18.3 Å². The number of hydrogen-bond acceptors (Lipinski definition) is 3. The first-order valence-electron chi connectivity index (χ1n) is 5.29. The van der Waals surface area contributed by atoms with E-state index in [1.54, 1.807) is 0 Å². The maximum absolute atomic E-state index is 4.49. The summed E-state index contributed by atoms with van der Waals surface area (Å²) in [5, 5.41) is 3.47. The molecule has 14 heavy (non-hydrogen) atoms. The number of nitrogens with zero attached hydrogens (tertiary/aromatic N) is 2. The molecule has 3 rings (SSSR count). The number of rotatable bonds is 0. The Bertz CT molecular complexity index is 350. The monoisotopic (exact) mass is 189 g/mol. The molecule has 1 saturated heterocycles. The van der Waals surface area contributed by atoms with Crippen molar-refractivity contribution >= 4 is 5.82 Å². The molecule has 0 radical (unpaired) electrons. The van der Waals surface area contributed by atoms with Gasteiger partial charge in [0.15, 0.2) is 0 Å². The fourth-order valence-corrected chi connectivity index (χ4v) is 2.64. The number of nitrogens with one attached hydrogen (secondary N) is 1. The van der Waals surface area contributed by atoms with Crippen LogP contribution in [0.5, 0.6) is 0 Å². The Morgan fingerprint density at radius 3 is 3.36 bits per heavy atom. The molecule has 0 aromatic carbocycles. The first-order valence-corrected chi connectivity index (χ1v) is 5.29. The summed E-state index contributed by atoms with van der Waals surface area (Å²) in [6.07, 6.45) is 3.05. The van der Waals surface area contributed by atoms with Crippen LogP contribution in [0.2, 0.25) is 0 Å². The lowest BCUT2D eigenvalue weighted by Gasteiger charge is -2.37. The molecule has 2 aliphatic rings. The van der Waals surface area contributed by atoms with Crippen LogP contribution >= 0.6 is 0 Å². The molecular formula is C11H15N3. The van der Waals surface area contributed by atoms with Gasteiger partial charge < -0.3 is 10.2 Å². The van der Waals surface area contributed by atoms with Crippen LogP contribution in [-0.2, 0) is 6.42 Å². The molecule has 0 bridgehead atoms. The van der Waals surface area contributed by atoms with Gasteiger partial charge in [-0.1, -0.05) is 6.07 Å². The molecular weight excluding hydrogens is 174 g/mol. The van der Waals surface area contributed by atoms with Crippen LogP contribution < -0.4 is 10.2 Å². The highest BCUT2D eigenvalue weighted by Gasteiger charge is 2.35. The molecule has 2 aliphatic heterocycles. The summed E-state index contributed by atoms with van der Waals surface area (Å²) in [4.78, 5) is 6.97. The lowest BCUT2D eigenvalue weighted by Crippen LogP contribution is -2.55. The van der Waals surface area contributed by atoms with Crippen molar-refractivity contribution in [1.29, 1.82) is 0 Å². The number of pyridine rings is 1. The largest absolute Gasteiger partial charge is 0.348 e. The van der Waals surface area contributed by atoms with Crippen molar-refractivity contribution < 1.29 is 0 Å². The second-order valence-corrected chi connectivity index (χ2v) is 4.26. The van der Waals surface area contributed by atoms with E-state index in [-0.39, 0.29) is 0 Å². The number of piperazine rings is 1. The average Bonchev–Trinajstić information content (AvgIpc) is 2.57. The summed E-state index contributed by atoms with van der Waals surface area (Å²) in [6, 6.07) is 5.44. The standard InChI is InChI=1S/C11H15N3/c1-8-6-12-7-10-5-9-3-2-4-13-11(9)14(8)10/h2-4,8,10,12H,5-7H2,1H3. The molecule has 2 unspecified atom stereocenters. The van der Waals surface area contributed by atoms with Crippen LogP contribution in [0, 0.1) is 0 Å². The van der Waals surface area contributed by atoms with E-state index in [0.29, 0.717) is 12.1 Å². The lowest BCUT2D eigenvalue weighted by molar-refractivity contribution is 0.428. The van der Waals surface area contributed by atoms with Crippen molar-refractivity contribution in [3.8, 4) is 0 Å². The first-order chi connectivity index (χ1) is 6.86.